The molecule has 0 atom stereocenters. The van der Waals surface area contributed by atoms with Gasteiger partial charge in [0.25, 0.3) is 5.91 Å². The summed E-state index contributed by atoms with van der Waals surface area (Å²) in [5, 5.41) is 2.97. The van der Waals surface area contributed by atoms with Crippen molar-refractivity contribution in [2.75, 3.05) is 6.54 Å². The highest BCUT2D eigenvalue weighted by atomic mass is 35.5. The van der Waals surface area contributed by atoms with Gasteiger partial charge in [0.15, 0.2) is 0 Å². The molecule has 76 valence electrons. The molecule has 1 N–H and O–H groups in total. The van der Waals surface area contributed by atoms with Crippen molar-refractivity contribution in [3.63, 3.8) is 0 Å². The number of nitrogens with zero attached hydrogens (tertiary/aromatic N) is 1. The van der Waals surface area contributed by atoms with Gasteiger partial charge in [-0.1, -0.05) is 11.6 Å². The molecule has 0 unspecified atom stereocenters. The molecule has 1 aromatic rings. The number of aromatic nitrogens is 1. The van der Waals surface area contributed by atoms with E-state index in [9.17, 15) is 4.79 Å². The highest BCUT2D eigenvalue weighted by molar-refractivity contribution is 6.32. The van der Waals surface area contributed by atoms with Crippen LogP contribution in [0.25, 0.3) is 0 Å². The number of carbonyl (C=O) groups is 1. The van der Waals surface area contributed by atoms with Crippen molar-refractivity contribution in [2.24, 2.45) is 0 Å². The van der Waals surface area contributed by atoms with Crippen molar-refractivity contribution in [2.45, 2.75) is 20.8 Å². The number of amides is 1. The fourth-order valence-electron chi connectivity index (χ4n) is 1.31. The van der Waals surface area contributed by atoms with E-state index in [1.165, 1.54) is 0 Å². The lowest BCUT2D eigenvalue weighted by atomic mass is 10.1. The number of nitrogens with one attached hydrogen (secondary N) is 1. The van der Waals surface area contributed by atoms with Crippen LogP contribution in [-0.4, -0.2) is 17.4 Å². The number of pyridine rings is 1. The maximum absolute atomic E-state index is 11.6. The van der Waals surface area contributed by atoms with Gasteiger partial charge in [0.05, 0.1) is 5.56 Å². The number of carbonyl (C=O) groups excluding carboxylic acids is 1. The Morgan fingerprint density at radius 2 is 2.21 bits per heavy atom. The Hall–Kier alpha value is -1.09. The molecule has 1 amide bonds. The highest BCUT2D eigenvalue weighted by Crippen LogP contribution is 2.18. The van der Waals surface area contributed by atoms with Crippen molar-refractivity contribution in [3.8, 4) is 0 Å². The highest BCUT2D eigenvalue weighted by Gasteiger charge is 2.13. The lowest BCUT2D eigenvalue weighted by Crippen LogP contribution is -2.24. The first kappa shape index (κ1) is 11.0. The molecule has 0 aliphatic rings. The average Bonchev–Trinajstić information content (AvgIpc) is 2.01. The molecule has 0 aliphatic heterocycles. The maximum Gasteiger partial charge on any atom is 0.254 e. The van der Waals surface area contributed by atoms with Crippen molar-refractivity contribution in [3.05, 3.63) is 28.0 Å². The van der Waals surface area contributed by atoms with Crippen LogP contribution >= 0.6 is 11.6 Å². The Bertz CT molecular complexity index is 340. The largest absolute Gasteiger partial charge is 0.352 e. The zero-order valence-corrected chi connectivity index (χ0v) is 9.27. The number of hydrogen-bond acceptors (Lipinski definition) is 2. The normalized spacial score (nSPS) is 10.0. The Morgan fingerprint density at radius 3 is 2.71 bits per heavy atom. The molecule has 0 radical (unpaired) electrons. The molecule has 0 spiro atoms. The van der Waals surface area contributed by atoms with Crippen LogP contribution in [0.5, 0.6) is 0 Å². The number of hydrogen-bond donors (Lipinski definition) is 1. The molecule has 0 aliphatic carbocycles. The molecule has 14 heavy (non-hydrogen) atoms. The SMILES string of the molecule is CCNC(=O)c1c(C)cc(C)nc1Cl. The number of rotatable bonds is 2. The van der Waals surface area contributed by atoms with Crippen molar-refractivity contribution < 1.29 is 4.79 Å². The third kappa shape index (κ3) is 2.23. The molecule has 1 aromatic heterocycles. The van der Waals surface area contributed by atoms with Gasteiger partial charge in [-0.2, -0.15) is 0 Å². The molecule has 0 fully saturated rings. The average molecular weight is 213 g/mol. The van der Waals surface area contributed by atoms with Crippen LogP contribution in [0.15, 0.2) is 6.07 Å². The van der Waals surface area contributed by atoms with E-state index in [0.29, 0.717) is 12.1 Å². The lowest BCUT2D eigenvalue weighted by molar-refractivity contribution is 0.0955. The predicted molar refractivity (Wildman–Crippen MR) is 56.7 cm³/mol. The van der Waals surface area contributed by atoms with Gasteiger partial charge in [-0.3, -0.25) is 4.79 Å². The van der Waals surface area contributed by atoms with E-state index in [1.807, 2.05) is 26.8 Å². The molecule has 4 heteroatoms. The van der Waals surface area contributed by atoms with Gasteiger partial charge in [0.2, 0.25) is 0 Å². The molecule has 3 nitrogen and oxygen atoms in total. The van der Waals surface area contributed by atoms with E-state index >= 15 is 0 Å². The zero-order chi connectivity index (χ0) is 10.7. The van der Waals surface area contributed by atoms with E-state index in [2.05, 4.69) is 10.3 Å². The Kier molecular flexibility index (Phi) is 3.47. The van der Waals surface area contributed by atoms with Crippen LogP contribution in [0.4, 0.5) is 0 Å². The van der Waals surface area contributed by atoms with Gasteiger partial charge in [-0.15, -0.1) is 0 Å². The Labute approximate surface area is 88.5 Å². The topological polar surface area (TPSA) is 42.0 Å². The molecule has 1 rings (SSSR count). The van der Waals surface area contributed by atoms with Crippen LogP contribution in [0.1, 0.15) is 28.5 Å². The summed E-state index contributed by atoms with van der Waals surface area (Å²) in [6.07, 6.45) is 0. The number of aryl methyl sites for hydroxylation is 2. The van der Waals surface area contributed by atoms with E-state index in [1.54, 1.807) is 0 Å². The minimum Gasteiger partial charge on any atom is -0.352 e. The lowest BCUT2D eigenvalue weighted by Gasteiger charge is -2.08. The van der Waals surface area contributed by atoms with Crippen molar-refractivity contribution in [1.29, 1.82) is 0 Å². The summed E-state index contributed by atoms with van der Waals surface area (Å²) < 4.78 is 0. The first-order valence-electron chi connectivity index (χ1n) is 4.48. The summed E-state index contributed by atoms with van der Waals surface area (Å²) in [4.78, 5) is 15.6. The Morgan fingerprint density at radius 1 is 1.57 bits per heavy atom. The summed E-state index contributed by atoms with van der Waals surface area (Å²) in [6, 6.07) is 1.84. The van der Waals surface area contributed by atoms with Crippen LogP contribution < -0.4 is 5.32 Å². The minimum atomic E-state index is -0.164. The molecule has 0 saturated heterocycles. The van der Waals surface area contributed by atoms with Crippen LogP contribution in [-0.2, 0) is 0 Å². The third-order valence-corrected chi connectivity index (χ3v) is 2.14. The summed E-state index contributed by atoms with van der Waals surface area (Å²) in [6.45, 7) is 6.15. The van der Waals surface area contributed by atoms with Crippen LogP contribution in [0.2, 0.25) is 5.15 Å². The van der Waals surface area contributed by atoms with Crippen molar-refractivity contribution in [1.82, 2.24) is 10.3 Å². The molecule has 0 saturated carbocycles. The third-order valence-electron chi connectivity index (χ3n) is 1.86. The summed E-state index contributed by atoms with van der Waals surface area (Å²) in [5.41, 5.74) is 2.15. The predicted octanol–water partition coefficient (Wildman–Crippen LogP) is 2.10. The van der Waals surface area contributed by atoms with E-state index in [0.717, 1.165) is 11.3 Å². The first-order chi connectivity index (χ1) is 6.56. The van der Waals surface area contributed by atoms with E-state index < -0.39 is 0 Å². The second-order valence-electron chi connectivity index (χ2n) is 3.11. The molecule has 0 bridgehead atoms. The van der Waals surface area contributed by atoms with Gasteiger partial charge < -0.3 is 5.32 Å². The Balaban J connectivity index is 3.14. The molecule has 1 heterocycles. The van der Waals surface area contributed by atoms with Gasteiger partial charge >= 0.3 is 0 Å². The molecular weight excluding hydrogens is 200 g/mol. The maximum atomic E-state index is 11.6. The summed E-state index contributed by atoms with van der Waals surface area (Å²) >= 11 is 5.89. The quantitative estimate of drug-likeness (QED) is 0.763. The first-order valence-corrected chi connectivity index (χ1v) is 4.86. The van der Waals surface area contributed by atoms with Gasteiger partial charge in [0, 0.05) is 12.2 Å². The second-order valence-corrected chi connectivity index (χ2v) is 3.46. The van der Waals surface area contributed by atoms with Gasteiger partial charge in [0.1, 0.15) is 5.15 Å². The van der Waals surface area contributed by atoms with E-state index in [-0.39, 0.29) is 11.1 Å². The summed E-state index contributed by atoms with van der Waals surface area (Å²) in [5.74, 6) is -0.164. The summed E-state index contributed by atoms with van der Waals surface area (Å²) in [7, 11) is 0. The van der Waals surface area contributed by atoms with Crippen LogP contribution in [0, 0.1) is 13.8 Å². The van der Waals surface area contributed by atoms with Crippen LogP contribution in [0.3, 0.4) is 0 Å². The number of halogens is 1. The zero-order valence-electron chi connectivity index (χ0n) is 8.52. The van der Waals surface area contributed by atoms with Gasteiger partial charge in [-0.25, -0.2) is 4.98 Å². The fraction of sp³-hybridized carbons (Fsp3) is 0.400. The monoisotopic (exact) mass is 212 g/mol. The second kappa shape index (κ2) is 4.42. The van der Waals surface area contributed by atoms with Gasteiger partial charge in [-0.05, 0) is 32.4 Å². The smallest absolute Gasteiger partial charge is 0.254 e. The van der Waals surface area contributed by atoms with Crippen molar-refractivity contribution >= 4 is 17.5 Å². The molecule has 0 aromatic carbocycles. The molecular formula is C10H13ClN2O. The van der Waals surface area contributed by atoms with E-state index in [4.69, 9.17) is 11.6 Å². The minimum absolute atomic E-state index is 0.164. The fourth-order valence-corrected chi connectivity index (χ4v) is 1.68. The standard InChI is InChI=1S/C10H13ClN2O/c1-4-12-10(14)8-6(2)5-7(3)13-9(8)11/h5H,4H2,1-3H3,(H,12,14).